The average Bonchev–Trinajstić information content (AvgIpc) is 2.48. The normalized spacial score (nSPS) is 11.8. The number of nitro benzene ring substituents is 1. The highest BCUT2D eigenvalue weighted by Gasteiger charge is 2.22. The molecule has 2 aromatic carbocycles. The van der Waals surface area contributed by atoms with Gasteiger partial charge in [0.25, 0.3) is 0 Å². The molecule has 22 heavy (non-hydrogen) atoms. The minimum atomic E-state index is -0.845. The highest BCUT2D eigenvalue weighted by atomic mass is 35.5. The zero-order chi connectivity index (χ0) is 16.3. The Morgan fingerprint density at radius 1 is 1.23 bits per heavy atom. The average molecular weight is 320 g/mol. The Hall–Kier alpha value is -2.40. The zero-order valence-electron chi connectivity index (χ0n) is 12.1. The molecule has 0 unspecified atom stereocenters. The molecule has 114 valence electrons. The number of hydrogen-bond donors (Lipinski definition) is 0. The van der Waals surface area contributed by atoms with Crippen molar-refractivity contribution in [1.82, 2.24) is 0 Å². The maximum atomic E-state index is 12.3. The quantitative estimate of drug-likeness (QED) is 0.470. The lowest BCUT2D eigenvalue weighted by Gasteiger charge is -2.14. The molecule has 0 aliphatic carbocycles. The molecule has 0 spiro atoms. The van der Waals surface area contributed by atoms with Gasteiger partial charge < -0.3 is 4.74 Å². The molecule has 0 saturated carbocycles. The number of nitrogens with zero attached hydrogens (tertiary/aromatic N) is 1. The molecular formula is C16H14ClNO4. The van der Waals surface area contributed by atoms with Gasteiger partial charge in [-0.15, -0.1) is 0 Å². The second-order valence-electron chi connectivity index (χ2n) is 4.86. The van der Waals surface area contributed by atoms with E-state index >= 15 is 0 Å². The van der Waals surface area contributed by atoms with Crippen molar-refractivity contribution in [2.45, 2.75) is 20.0 Å². The van der Waals surface area contributed by atoms with Crippen molar-refractivity contribution in [1.29, 1.82) is 0 Å². The number of Topliss-reactive ketones (excluding diaryl/α,β-unsaturated/α-hetero) is 1. The maximum absolute atomic E-state index is 12.3. The van der Waals surface area contributed by atoms with Crippen LogP contribution in [0.1, 0.15) is 22.8 Å². The molecule has 2 aromatic rings. The smallest absolute Gasteiger partial charge is 0.312 e. The van der Waals surface area contributed by atoms with Gasteiger partial charge >= 0.3 is 5.69 Å². The second-order valence-corrected chi connectivity index (χ2v) is 5.30. The van der Waals surface area contributed by atoms with E-state index in [1.54, 1.807) is 19.1 Å². The van der Waals surface area contributed by atoms with E-state index in [0.29, 0.717) is 5.56 Å². The van der Waals surface area contributed by atoms with Gasteiger partial charge in [0.15, 0.2) is 11.9 Å². The fraction of sp³-hybridized carbons (Fsp3) is 0.188. The molecule has 0 saturated heterocycles. The number of rotatable bonds is 5. The van der Waals surface area contributed by atoms with Crippen molar-refractivity contribution < 1.29 is 14.5 Å². The van der Waals surface area contributed by atoms with Gasteiger partial charge in [-0.05, 0) is 26.0 Å². The lowest BCUT2D eigenvalue weighted by molar-refractivity contribution is -0.386. The molecule has 0 fully saturated rings. The van der Waals surface area contributed by atoms with E-state index in [4.69, 9.17) is 16.3 Å². The Balaban J connectivity index is 2.21. The van der Waals surface area contributed by atoms with Crippen LogP contribution in [-0.4, -0.2) is 16.8 Å². The summed E-state index contributed by atoms with van der Waals surface area (Å²) in [5.41, 5.74) is 1.27. The van der Waals surface area contributed by atoms with Gasteiger partial charge in [0.05, 0.1) is 4.92 Å². The van der Waals surface area contributed by atoms with Crippen LogP contribution in [0.2, 0.25) is 5.02 Å². The summed E-state index contributed by atoms with van der Waals surface area (Å²) in [6, 6.07) is 11.1. The molecule has 0 aliphatic rings. The molecule has 1 atom stereocenters. The third kappa shape index (κ3) is 3.62. The lowest BCUT2D eigenvalue weighted by Crippen LogP contribution is -2.24. The summed E-state index contributed by atoms with van der Waals surface area (Å²) in [5, 5.41) is 11.2. The Morgan fingerprint density at radius 2 is 1.86 bits per heavy atom. The van der Waals surface area contributed by atoms with Crippen LogP contribution >= 0.6 is 11.6 Å². The fourth-order valence-electron chi connectivity index (χ4n) is 1.93. The van der Waals surface area contributed by atoms with Gasteiger partial charge in [-0.2, -0.15) is 0 Å². The number of ether oxygens (including phenoxy) is 1. The van der Waals surface area contributed by atoms with Crippen LogP contribution in [0.15, 0.2) is 42.5 Å². The lowest BCUT2D eigenvalue weighted by atomic mass is 10.1. The summed E-state index contributed by atoms with van der Waals surface area (Å²) in [6.07, 6.45) is -0.845. The van der Waals surface area contributed by atoms with Gasteiger partial charge in [0.1, 0.15) is 0 Å². The molecule has 0 heterocycles. The Morgan fingerprint density at radius 3 is 2.45 bits per heavy atom. The minimum Gasteiger partial charge on any atom is -0.475 e. The van der Waals surface area contributed by atoms with E-state index in [2.05, 4.69) is 0 Å². The standard InChI is InChI=1S/C16H14ClNO4/c1-10-3-5-12(6-4-10)16(19)11(2)22-15-8-7-13(17)9-14(15)18(20)21/h3-9,11H,1-2H3/t11-/m1/s1. The van der Waals surface area contributed by atoms with E-state index in [-0.39, 0.29) is 22.2 Å². The highest BCUT2D eigenvalue weighted by molar-refractivity contribution is 6.30. The fourth-order valence-corrected chi connectivity index (χ4v) is 2.10. The zero-order valence-corrected chi connectivity index (χ0v) is 12.8. The van der Waals surface area contributed by atoms with Crippen LogP contribution in [0.3, 0.4) is 0 Å². The first-order valence-corrected chi connectivity index (χ1v) is 6.98. The van der Waals surface area contributed by atoms with Crippen LogP contribution in [-0.2, 0) is 0 Å². The van der Waals surface area contributed by atoms with E-state index in [1.165, 1.54) is 18.2 Å². The Labute approximate surface area is 132 Å². The summed E-state index contributed by atoms with van der Waals surface area (Å²) >= 11 is 5.74. The molecule has 6 heteroatoms. The van der Waals surface area contributed by atoms with Crippen LogP contribution in [0.25, 0.3) is 0 Å². The van der Waals surface area contributed by atoms with Gasteiger partial charge in [0, 0.05) is 16.7 Å². The minimum absolute atomic E-state index is 0.0161. The van der Waals surface area contributed by atoms with Crippen LogP contribution in [0.4, 0.5) is 5.69 Å². The predicted molar refractivity (Wildman–Crippen MR) is 83.7 cm³/mol. The number of halogens is 1. The van der Waals surface area contributed by atoms with Crippen molar-refractivity contribution in [2.24, 2.45) is 0 Å². The van der Waals surface area contributed by atoms with E-state index < -0.39 is 11.0 Å². The maximum Gasteiger partial charge on any atom is 0.312 e. The summed E-state index contributed by atoms with van der Waals surface area (Å²) in [5.74, 6) is -0.230. The van der Waals surface area contributed by atoms with E-state index in [1.807, 2.05) is 19.1 Å². The van der Waals surface area contributed by atoms with Crippen molar-refractivity contribution in [2.75, 3.05) is 0 Å². The van der Waals surface area contributed by atoms with Crippen molar-refractivity contribution in [3.8, 4) is 5.75 Å². The molecule has 0 aliphatic heterocycles. The van der Waals surface area contributed by atoms with E-state index in [9.17, 15) is 14.9 Å². The van der Waals surface area contributed by atoms with Gasteiger partial charge in [-0.1, -0.05) is 41.4 Å². The molecule has 2 rings (SSSR count). The number of carbonyl (C=O) groups excluding carboxylic acids is 1. The number of carbonyl (C=O) groups is 1. The van der Waals surface area contributed by atoms with Crippen molar-refractivity contribution >= 4 is 23.1 Å². The monoisotopic (exact) mass is 319 g/mol. The third-order valence-electron chi connectivity index (χ3n) is 3.13. The first-order valence-electron chi connectivity index (χ1n) is 6.60. The predicted octanol–water partition coefficient (Wildman–Crippen LogP) is 4.21. The highest BCUT2D eigenvalue weighted by Crippen LogP contribution is 2.31. The summed E-state index contributed by atoms with van der Waals surface area (Å²) in [4.78, 5) is 22.7. The molecule has 0 radical (unpaired) electrons. The number of nitro groups is 1. The SMILES string of the molecule is Cc1ccc(C(=O)[C@@H](C)Oc2ccc(Cl)cc2[N+](=O)[O-])cc1. The van der Waals surface area contributed by atoms with Gasteiger partial charge in [-0.3, -0.25) is 14.9 Å². The largest absolute Gasteiger partial charge is 0.475 e. The van der Waals surface area contributed by atoms with Crippen molar-refractivity contribution in [3.05, 3.63) is 68.7 Å². The number of hydrogen-bond acceptors (Lipinski definition) is 4. The van der Waals surface area contributed by atoms with Crippen LogP contribution in [0, 0.1) is 17.0 Å². The summed E-state index contributed by atoms with van der Waals surface area (Å²) in [6.45, 7) is 3.48. The van der Waals surface area contributed by atoms with Gasteiger partial charge in [0.2, 0.25) is 5.78 Å². The van der Waals surface area contributed by atoms with E-state index in [0.717, 1.165) is 5.56 Å². The number of benzene rings is 2. The Bertz CT molecular complexity index is 713. The molecular weight excluding hydrogens is 306 g/mol. The first kappa shape index (κ1) is 16.0. The topological polar surface area (TPSA) is 69.4 Å². The number of aryl methyl sites for hydroxylation is 1. The second kappa shape index (κ2) is 6.58. The van der Waals surface area contributed by atoms with Gasteiger partial charge in [-0.25, -0.2) is 0 Å². The molecule has 0 bridgehead atoms. The molecule has 5 nitrogen and oxygen atoms in total. The third-order valence-corrected chi connectivity index (χ3v) is 3.36. The summed E-state index contributed by atoms with van der Waals surface area (Å²) < 4.78 is 5.46. The number of ketones is 1. The van der Waals surface area contributed by atoms with Crippen molar-refractivity contribution in [3.63, 3.8) is 0 Å². The van der Waals surface area contributed by atoms with Crippen LogP contribution in [0.5, 0.6) is 5.75 Å². The summed E-state index contributed by atoms with van der Waals surface area (Å²) in [7, 11) is 0. The van der Waals surface area contributed by atoms with Crippen LogP contribution < -0.4 is 4.74 Å². The molecule has 0 aromatic heterocycles. The molecule has 0 amide bonds. The molecule has 0 N–H and O–H groups in total. The first-order chi connectivity index (χ1) is 10.4. The Kier molecular flexibility index (Phi) is 4.78.